The number of carbonyl (C=O) groups is 2. The Kier molecular flexibility index (Phi) is 2.09. The van der Waals surface area contributed by atoms with Crippen LogP contribution in [0, 0.1) is 0 Å². The standard InChI is InChI=1S/C6H9NO4/c8-4-1-5(9)7(2-4)3-6(10)11/h4,8H,1-3H2,(H,10,11). The van der Waals surface area contributed by atoms with E-state index >= 15 is 0 Å². The normalized spacial score (nSPS) is 24.3. The summed E-state index contributed by atoms with van der Waals surface area (Å²) in [6.45, 7) is -0.166. The minimum atomic E-state index is -1.05. The van der Waals surface area contributed by atoms with Crippen LogP contribution >= 0.6 is 0 Å². The lowest BCUT2D eigenvalue weighted by Gasteiger charge is -2.11. The molecule has 1 rings (SSSR count). The van der Waals surface area contributed by atoms with E-state index in [1.54, 1.807) is 0 Å². The molecule has 1 fully saturated rings. The number of nitrogens with zero attached hydrogens (tertiary/aromatic N) is 1. The molecule has 0 saturated carbocycles. The number of aliphatic carboxylic acids is 1. The molecule has 2 N–H and O–H groups in total. The Morgan fingerprint density at radius 1 is 1.73 bits per heavy atom. The molecule has 0 aliphatic carbocycles. The van der Waals surface area contributed by atoms with E-state index in [9.17, 15) is 9.59 Å². The molecule has 0 aromatic carbocycles. The fourth-order valence-corrected chi connectivity index (χ4v) is 1.07. The van der Waals surface area contributed by atoms with Crippen molar-refractivity contribution in [2.24, 2.45) is 0 Å². The molecule has 1 atom stereocenters. The zero-order chi connectivity index (χ0) is 8.43. The highest BCUT2D eigenvalue weighted by molar-refractivity contribution is 5.83. The summed E-state index contributed by atoms with van der Waals surface area (Å²) in [5.74, 6) is -1.34. The van der Waals surface area contributed by atoms with Gasteiger partial charge in [0.15, 0.2) is 0 Å². The molecule has 1 heterocycles. The van der Waals surface area contributed by atoms with Crippen molar-refractivity contribution in [3.05, 3.63) is 0 Å². The largest absolute Gasteiger partial charge is 0.480 e. The molecular weight excluding hydrogens is 150 g/mol. The number of carbonyl (C=O) groups excluding carboxylic acids is 1. The lowest BCUT2D eigenvalue weighted by atomic mass is 10.3. The first-order valence-electron chi connectivity index (χ1n) is 3.27. The minimum absolute atomic E-state index is 0.0489. The minimum Gasteiger partial charge on any atom is -0.480 e. The molecule has 62 valence electrons. The van der Waals surface area contributed by atoms with Crippen LogP contribution in [0.4, 0.5) is 0 Å². The van der Waals surface area contributed by atoms with Crippen LogP contribution in [0.2, 0.25) is 0 Å². The first-order valence-corrected chi connectivity index (χ1v) is 3.27. The Morgan fingerprint density at radius 3 is 2.73 bits per heavy atom. The fourth-order valence-electron chi connectivity index (χ4n) is 1.07. The molecule has 0 aromatic heterocycles. The van der Waals surface area contributed by atoms with Gasteiger partial charge in [0.1, 0.15) is 6.54 Å². The highest BCUT2D eigenvalue weighted by Gasteiger charge is 2.28. The van der Waals surface area contributed by atoms with Gasteiger partial charge in [0.2, 0.25) is 5.91 Å². The monoisotopic (exact) mass is 159 g/mol. The zero-order valence-corrected chi connectivity index (χ0v) is 5.86. The molecule has 1 aliphatic heterocycles. The zero-order valence-electron chi connectivity index (χ0n) is 5.86. The lowest BCUT2D eigenvalue weighted by Crippen LogP contribution is -2.31. The summed E-state index contributed by atoms with van der Waals surface area (Å²) in [4.78, 5) is 22.1. The summed E-state index contributed by atoms with van der Waals surface area (Å²) >= 11 is 0. The number of rotatable bonds is 2. The number of carboxylic acids is 1. The summed E-state index contributed by atoms with van der Waals surface area (Å²) < 4.78 is 0. The average molecular weight is 159 g/mol. The van der Waals surface area contributed by atoms with Crippen LogP contribution in [0.5, 0.6) is 0 Å². The van der Waals surface area contributed by atoms with E-state index in [1.807, 2.05) is 0 Å². The molecule has 0 spiro atoms. The van der Waals surface area contributed by atoms with Crippen LogP contribution in [0.15, 0.2) is 0 Å². The second kappa shape index (κ2) is 2.87. The fraction of sp³-hybridized carbons (Fsp3) is 0.667. The third-order valence-corrected chi connectivity index (χ3v) is 1.52. The molecule has 0 bridgehead atoms. The van der Waals surface area contributed by atoms with Crippen molar-refractivity contribution < 1.29 is 19.8 Å². The predicted octanol–water partition coefficient (Wildman–Crippen LogP) is -1.34. The van der Waals surface area contributed by atoms with Crippen molar-refractivity contribution in [1.82, 2.24) is 4.90 Å². The molecule has 1 saturated heterocycles. The summed E-state index contributed by atoms with van der Waals surface area (Å²) in [7, 11) is 0. The maximum atomic E-state index is 10.8. The first kappa shape index (κ1) is 8.00. The van der Waals surface area contributed by atoms with Crippen LogP contribution in [0.1, 0.15) is 6.42 Å². The lowest BCUT2D eigenvalue weighted by molar-refractivity contribution is -0.142. The number of hydrogen-bond donors (Lipinski definition) is 2. The maximum absolute atomic E-state index is 10.8. The Labute approximate surface area is 63.2 Å². The molecule has 11 heavy (non-hydrogen) atoms. The van der Waals surface area contributed by atoms with E-state index in [2.05, 4.69) is 0 Å². The van der Waals surface area contributed by atoms with E-state index in [0.717, 1.165) is 4.90 Å². The second-order valence-corrected chi connectivity index (χ2v) is 2.53. The number of amides is 1. The average Bonchev–Trinajstić information content (AvgIpc) is 2.09. The molecule has 1 unspecified atom stereocenters. The third-order valence-electron chi connectivity index (χ3n) is 1.52. The molecule has 1 amide bonds. The van der Waals surface area contributed by atoms with Crippen molar-refractivity contribution >= 4 is 11.9 Å². The van der Waals surface area contributed by atoms with Gasteiger partial charge in [0.05, 0.1) is 12.5 Å². The predicted molar refractivity (Wildman–Crippen MR) is 34.8 cm³/mol. The van der Waals surface area contributed by atoms with Gasteiger partial charge in [0.25, 0.3) is 0 Å². The van der Waals surface area contributed by atoms with Crippen LogP contribution in [0.3, 0.4) is 0 Å². The van der Waals surface area contributed by atoms with Gasteiger partial charge in [0, 0.05) is 6.54 Å². The summed E-state index contributed by atoms with van der Waals surface area (Å²) in [6.07, 6.45) is -0.644. The van der Waals surface area contributed by atoms with Gasteiger partial charge in [-0.05, 0) is 0 Å². The second-order valence-electron chi connectivity index (χ2n) is 2.53. The molecule has 5 nitrogen and oxygen atoms in total. The Morgan fingerprint density at radius 2 is 2.36 bits per heavy atom. The van der Waals surface area contributed by atoms with Gasteiger partial charge in [-0.15, -0.1) is 0 Å². The van der Waals surface area contributed by atoms with Crippen LogP contribution in [-0.2, 0) is 9.59 Å². The quantitative estimate of drug-likeness (QED) is 0.523. The van der Waals surface area contributed by atoms with Gasteiger partial charge in [-0.2, -0.15) is 0 Å². The van der Waals surface area contributed by atoms with E-state index in [-0.39, 0.29) is 25.4 Å². The molecule has 1 aliphatic rings. The van der Waals surface area contributed by atoms with Gasteiger partial charge < -0.3 is 15.1 Å². The molecule has 0 radical (unpaired) electrons. The Balaban J connectivity index is 2.47. The number of β-amino-alcohol motifs (C(OH)–C–C–N with tert-alkyl or cyclic N) is 1. The van der Waals surface area contributed by atoms with Crippen molar-refractivity contribution in [2.75, 3.05) is 13.1 Å². The maximum Gasteiger partial charge on any atom is 0.323 e. The number of aliphatic hydroxyl groups excluding tert-OH is 1. The molecular formula is C6H9NO4. The summed E-state index contributed by atoms with van der Waals surface area (Å²) in [5, 5.41) is 17.2. The summed E-state index contributed by atoms with van der Waals surface area (Å²) in [6, 6.07) is 0. The molecule has 5 heteroatoms. The van der Waals surface area contributed by atoms with Crippen molar-refractivity contribution in [3.63, 3.8) is 0 Å². The van der Waals surface area contributed by atoms with Crippen LogP contribution in [-0.4, -0.2) is 46.2 Å². The summed E-state index contributed by atoms with van der Waals surface area (Å²) in [5.41, 5.74) is 0. The number of aliphatic hydroxyl groups is 1. The van der Waals surface area contributed by atoms with Gasteiger partial charge in [-0.1, -0.05) is 0 Å². The van der Waals surface area contributed by atoms with Gasteiger partial charge in [-0.3, -0.25) is 9.59 Å². The Hall–Kier alpha value is -1.10. The highest BCUT2D eigenvalue weighted by atomic mass is 16.4. The SMILES string of the molecule is O=C(O)CN1CC(O)CC1=O. The highest BCUT2D eigenvalue weighted by Crippen LogP contribution is 2.09. The van der Waals surface area contributed by atoms with Crippen molar-refractivity contribution in [1.29, 1.82) is 0 Å². The number of likely N-dealkylation sites (tertiary alicyclic amines) is 1. The van der Waals surface area contributed by atoms with Crippen LogP contribution in [0.25, 0.3) is 0 Å². The topological polar surface area (TPSA) is 77.8 Å². The van der Waals surface area contributed by atoms with Gasteiger partial charge >= 0.3 is 5.97 Å². The number of carboxylic acid groups (broad SMARTS) is 1. The van der Waals surface area contributed by atoms with Crippen molar-refractivity contribution in [2.45, 2.75) is 12.5 Å². The van der Waals surface area contributed by atoms with Crippen molar-refractivity contribution in [3.8, 4) is 0 Å². The first-order chi connectivity index (χ1) is 5.09. The smallest absolute Gasteiger partial charge is 0.323 e. The van der Waals surface area contributed by atoms with E-state index < -0.39 is 12.1 Å². The van der Waals surface area contributed by atoms with Gasteiger partial charge in [-0.25, -0.2) is 0 Å². The van der Waals surface area contributed by atoms with E-state index in [4.69, 9.17) is 10.2 Å². The van der Waals surface area contributed by atoms with E-state index in [0.29, 0.717) is 0 Å². The molecule has 0 aromatic rings. The third kappa shape index (κ3) is 1.91. The van der Waals surface area contributed by atoms with E-state index in [1.165, 1.54) is 0 Å². The Bertz CT molecular complexity index is 191. The number of hydrogen-bond acceptors (Lipinski definition) is 3. The van der Waals surface area contributed by atoms with Crippen LogP contribution < -0.4 is 0 Å².